The van der Waals surface area contributed by atoms with Crippen LogP contribution in [0.3, 0.4) is 0 Å². The smallest absolute Gasteiger partial charge is 0.170 e. The molecule has 0 saturated heterocycles. The summed E-state index contributed by atoms with van der Waals surface area (Å²) in [5.41, 5.74) is 4.19. The van der Waals surface area contributed by atoms with Gasteiger partial charge in [-0.3, -0.25) is 4.79 Å². The Balaban J connectivity index is 1.64. The van der Waals surface area contributed by atoms with Gasteiger partial charge in [0.15, 0.2) is 5.78 Å². The molecule has 1 heterocycles. The second kappa shape index (κ2) is 8.59. The number of rotatable bonds is 5. The molecule has 4 nitrogen and oxygen atoms in total. The molecule has 0 bridgehead atoms. The van der Waals surface area contributed by atoms with Gasteiger partial charge in [-0.25, -0.2) is 0 Å². The molecule has 2 aliphatic rings. The van der Waals surface area contributed by atoms with Crippen LogP contribution in [0, 0.1) is 17.2 Å². The topological polar surface area (TPSA) is 59.3 Å². The molecule has 4 heteroatoms. The summed E-state index contributed by atoms with van der Waals surface area (Å²) < 4.78 is 12.0. The zero-order valence-corrected chi connectivity index (χ0v) is 17.4. The van der Waals surface area contributed by atoms with Gasteiger partial charge in [0, 0.05) is 18.8 Å². The fourth-order valence-corrected chi connectivity index (χ4v) is 4.42. The molecule has 152 valence electrons. The Kier molecular flexibility index (Phi) is 5.72. The van der Waals surface area contributed by atoms with Crippen LogP contribution in [-0.4, -0.2) is 19.0 Å². The van der Waals surface area contributed by atoms with Gasteiger partial charge in [-0.1, -0.05) is 37.3 Å². The number of ketones is 1. The van der Waals surface area contributed by atoms with Gasteiger partial charge >= 0.3 is 0 Å². The number of nitriles is 1. The van der Waals surface area contributed by atoms with Gasteiger partial charge in [-0.15, -0.1) is 0 Å². The van der Waals surface area contributed by atoms with Crippen molar-refractivity contribution in [2.45, 2.75) is 38.7 Å². The number of carbonyl (C=O) groups excluding carboxylic acids is 1. The van der Waals surface area contributed by atoms with Crippen molar-refractivity contribution in [2.75, 3.05) is 7.11 Å². The first-order valence-electron chi connectivity index (χ1n) is 10.4. The summed E-state index contributed by atoms with van der Waals surface area (Å²) >= 11 is 0. The highest BCUT2D eigenvalue weighted by Gasteiger charge is 2.34. The lowest BCUT2D eigenvalue weighted by Crippen LogP contribution is -2.35. The number of fused-ring (bicyclic) bond motifs is 1. The Morgan fingerprint density at radius 1 is 1.23 bits per heavy atom. The molecule has 0 spiro atoms. The Hall–Kier alpha value is -3.32. The minimum Gasteiger partial charge on any atom is -0.501 e. The van der Waals surface area contributed by atoms with Crippen LogP contribution >= 0.6 is 0 Å². The molecule has 0 aromatic heterocycles. The minimum atomic E-state index is -0.203. The number of allylic oxidation sites excluding steroid dienone is 3. The van der Waals surface area contributed by atoms with Gasteiger partial charge in [-0.2, -0.15) is 5.26 Å². The Morgan fingerprint density at radius 3 is 2.83 bits per heavy atom. The van der Waals surface area contributed by atoms with E-state index >= 15 is 0 Å². The normalized spacial score (nSPS) is 19.0. The van der Waals surface area contributed by atoms with Crippen LogP contribution in [0.1, 0.15) is 48.5 Å². The van der Waals surface area contributed by atoms with Gasteiger partial charge in [0.05, 0.1) is 30.1 Å². The number of nitrogens with zero attached hydrogens (tertiary/aromatic N) is 1. The number of methoxy groups -OCH3 is 1. The fourth-order valence-electron chi connectivity index (χ4n) is 4.42. The van der Waals surface area contributed by atoms with E-state index in [1.54, 1.807) is 13.2 Å². The standard InChI is InChI=1S/C26H25NO3/c1-3-20(21-9-4-5-10-24(21)29-2)26-15-23(28)22-14-19(11-12-25(22)30-26)18-8-6-7-17(13-18)16-27/h4,6-9,11-14,20,26H,3,5,10,15H2,1-2H3. The summed E-state index contributed by atoms with van der Waals surface area (Å²) in [4.78, 5) is 13.1. The van der Waals surface area contributed by atoms with Crippen molar-refractivity contribution in [3.8, 4) is 22.9 Å². The Morgan fingerprint density at radius 2 is 2.07 bits per heavy atom. The first kappa shape index (κ1) is 20.0. The molecule has 2 unspecified atom stereocenters. The van der Waals surface area contributed by atoms with Crippen LogP contribution in [0.4, 0.5) is 0 Å². The lowest BCUT2D eigenvalue weighted by Gasteiger charge is -2.33. The van der Waals surface area contributed by atoms with E-state index in [2.05, 4.69) is 25.1 Å². The highest BCUT2D eigenvalue weighted by atomic mass is 16.5. The number of hydrogen-bond acceptors (Lipinski definition) is 4. The van der Waals surface area contributed by atoms with Crippen molar-refractivity contribution in [1.82, 2.24) is 0 Å². The maximum absolute atomic E-state index is 13.1. The molecule has 4 rings (SSSR count). The molecule has 2 atom stereocenters. The molecule has 0 amide bonds. The zero-order chi connectivity index (χ0) is 21.1. The summed E-state index contributed by atoms with van der Waals surface area (Å²) in [5.74, 6) is 1.84. The second-order valence-corrected chi connectivity index (χ2v) is 7.73. The maximum atomic E-state index is 13.1. The van der Waals surface area contributed by atoms with Crippen molar-refractivity contribution < 1.29 is 14.3 Å². The van der Waals surface area contributed by atoms with E-state index in [9.17, 15) is 4.79 Å². The van der Waals surface area contributed by atoms with E-state index in [0.717, 1.165) is 41.7 Å². The highest BCUT2D eigenvalue weighted by Crippen LogP contribution is 2.38. The van der Waals surface area contributed by atoms with Gasteiger partial charge in [-0.05, 0) is 53.8 Å². The van der Waals surface area contributed by atoms with E-state index in [1.807, 2.05) is 36.4 Å². The highest BCUT2D eigenvalue weighted by molar-refractivity contribution is 6.01. The third-order valence-corrected chi connectivity index (χ3v) is 5.96. The molecular formula is C26H25NO3. The summed E-state index contributed by atoms with van der Waals surface area (Å²) in [6, 6.07) is 15.3. The van der Waals surface area contributed by atoms with Crippen molar-refractivity contribution in [3.63, 3.8) is 0 Å². The first-order valence-corrected chi connectivity index (χ1v) is 10.4. The van der Waals surface area contributed by atoms with Gasteiger partial charge < -0.3 is 9.47 Å². The molecule has 30 heavy (non-hydrogen) atoms. The molecule has 0 fully saturated rings. The first-order chi connectivity index (χ1) is 14.6. The summed E-state index contributed by atoms with van der Waals surface area (Å²) in [7, 11) is 1.71. The van der Waals surface area contributed by atoms with Gasteiger partial charge in [0.2, 0.25) is 0 Å². The number of carbonyl (C=O) groups is 1. The monoisotopic (exact) mass is 399 g/mol. The quantitative estimate of drug-likeness (QED) is 0.634. The van der Waals surface area contributed by atoms with Crippen LogP contribution in [0.5, 0.6) is 5.75 Å². The number of hydrogen-bond donors (Lipinski definition) is 0. The molecule has 2 aromatic rings. The second-order valence-electron chi connectivity index (χ2n) is 7.73. The average molecular weight is 399 g/mol. The summed E-state index contributed by atoms with van der Waals surface area (Å²) in [6.07, 6.45) is 7.19. The van der Waals surface area contributed by atoms with E-state index < -0.39 is 0 Å². The maximum Gasteiger partial charge on any atom is 0.170 e. The molecule has 0 saturated carbocycles. The predicted octanol–water partition coefficient (Wildman–Crippen LogP) is 5.84. The molecule has 0 N–H and O–H groups in total. The van der Waals surface area contributed by atoms with Crippen molar-refractivity contribution in [2.24, 2.45) is 5.92 Å². The summed E-state index contributed by atoms with van der Waals surface area (Å²) in [6.45, 7) is 2.13. The molecule has 1 aliphatic heterocycles. The minimum absolute atomic E-state index is 0.0948. The lowest BCUT2D eigenvalue weighted by atomic mass is 9.82. The molecule has 1 aliphatic carbocycles. The SMILES string of the molecule is CCC(C1=C(OC)CCC=C1)C1CC(=O)c2cc(-c3cccc(C#N)c3)ccc2O1. The van der Waals surface area contributed by atoms with Crippen LogP contribution in [0.15, 0.2) is 65.9 Å². The number of ether oxygens (including phenoxy) is 2. The van der Waals surface area contributed by atoms with E-state index in [0.29, 0.717) is 23.3 Å². The van der Waals surface area contributed by atoms with Crippen molar-refractivity contribution >= 4 is 5.78 Å². The van der Waals surface area contributed by atoms with Crippen LogP contribution < -0.4 is 4.74 Å². The van der Waals surface area contributed by atoms with Crippen LogP contribution in [0.2, 0.25) is 0 Å². The Bertz CT molecular complexity index is 1070. The largest absolute Gasteiger partial charge is 0.501 e. The average Bonchev–Trinajstić information content (AvgIpc) is 2.80. The van der Waals surface area contributed by atoms with Crippen molar-refractivity contribution in [1.29, 1.82) is 5.26 Å². The summed E-state index contributed by atoms with van der Waals surface area (Å²) in [5, 5.41) is 9.15. The van der Waals surface area contributed by atoms with E-state index in [1.165, 1.54) is 0 Å². The predicted molar refractivity (Wildman–Crippen MR) is 116 cm³/mol. The number of benzene rings is 2. The van der Waals surface area contributed by atoms with Gasteiger partial charge in [0.25, 0.3) is 0 Å². The van der Waals surface area contributed by atoms with Crippen LogP contribution in [0.25, 0.3) is 11.1 Å². The Labute approximate surface area is 177 Å². The lowest BCUT2D eigenvalue weighted by molar-refractivity contribution is 0.0763. The van der Waals surface area contributed by atoms with Gasteiger partial charge in [0.1, 0.15) is 11.9 Å². The van der Waals surface area contributed by atoms with E-state index in [-0.39, 0.29) is 17.8 Å². The molecule has 0 radical (unpaired) electrons. The zero-order valence-electron chi connectivity index (χ0n) is 17.4. The third kappa shape index (κ3) is 3.76. The van der Waals surface area contributed by atoms with E-state index in [4.69, 9.17) is 14.7 Å². The van der Waals surface area contributed by atoms with Crippen molar-refractivity contribution in [3.05, 3.63) is 77.1 Å². The third-order valence-electron chi connectivity index (χ3n) is 5.96. The molecular weight excluding hydrogens is 374 g/mol. The fraction of sp³-hybridized carbons (Fsp3) is 0.308. The number of Topliss-reactive ketones (excluding diaryl/α,β-unsaturated/α-hetero) is 1. The molecule has 2 aromatic carbocycles. The van der Waals surface area contributed by atoms with Crippen LogP contribution in [-0.2, 0) is 4.74 Å².